The van der Waals surface area contributed by atoms with Gasteiger partial charge in [0.1, 0.15) is 0 Å². The van der Waals surface area contributed by atoms with Gasteiger partial charge in [-0.2, -0.15) is 0 Å². The third kappa shape index (κ3) is 12.6. The molecule has 1 aliphatic carbocycles. The maximum absolute atomic E-state index is 12.1. The molecule has 168 valence electrons. The van der Waals surface area contributed by atoms with Gasteiger partial charge in [0.05, 0.1) is 6.61 Å². The fraction of sp³-hybridized carbons (Fsp3) is 0.870. The molecule has 1 fully saturated rings. The Balaban J connectivity index is 2.32. The van der Waals surface area contributed by atoms with Crippen LogP contribution in [0.2, 0.25) is 0 Å². The second kappa shape index (κ2) is 15.3. The third-order valence-electron chi connectivity index (χ3n) is 6.22. The summed E-state index contributed by atoms with van der Waals surface area (Å²) in [6, 6.07) is 0. The van der Waals surface area contributed by atoms with Crippen LogP contribution in [0.4, 0.5) is 0 Å². The zero-order chi connectivity index (χ0) is 21.5. The van der Waals surface area contributed by atoms with E-state index >= 15 is 0 Å². The van der Waals surface area contributed by atoms with E-state index in [1.54, 1.807) is 0 Å². The Hall–Kier alpha value is -1.59. The van der Waals surface area contributed by atoms with Crippen molar-refractivity contribution in [3.8, 4) is 0 Å². The number of hydrogen-bond acceptors (Lipinski definition) is 4. The van der Waals surface area contributed by atoms with Crippen molar-refractivity contribution in [2.75, 3.05) is 6.61 Å². The van der Waals surface area contributed by atoms with Gasteiger partial charge in [0.2, 0.25) is 0 Å². The molecule has 0 saturated heterocycles. The Bertz CT molecular complexity index is 490. The molecule has 0 bridgehead atoms. The van der Waals surface area contributed by atoms with Crippen molar-refractivity contribution in [3.05, 3.63) is 0 Å². The number of ether oxygens (including phenoxy) is 1. The zero-order valence-corrected chi connectivity index (χ0v) is 18.1. The van der Waals surface area contributed by atoms with E-state index in [-0.39, 0.29) is 24.7 Å². The lowest BCUT2D eigenvalue weighted by molar-refractivity contribution is -0.144. The molecule has 0 aliphatic heterocycles. The van der Waals surface area contributed by atoms with Crippen molar-refractivity contribution < 1.29 is 29.3 Å². The van der Waals surface area contributed by atoms with E-state index < -0.39 is 11.9 Å². The van der Waals surface area contributed by atoms with E-state index in [4.69, 9.17) is 14.9 Å². The molecule has 0 aromatic heterocycles. The number of unbranched alkanes of at least 4 members (excludes halogenated alkanes) is 5. The lowest BCUT2D eigenvalue weighted by atomic mass is 9.69. The molecule has 2 N–H and O–H groups in total. The van der Waals surface area contributed by atoms with Crippen molar-refractivity contribution in [2.24, 2.45) is 17.8 Å². The van der Waals surface area contributed by atoms with Crippen LogP contribution in [-0.4, -0.2) is 34.7 Å². The van der Waals surface area contributed by atoms with E-state index in [1.165, 1.54) is 25.7 Å². The van der Waals surface area contributed by atoms with Crippen LogP contribution in [0.3, 0.4) is 0 Å². The van der Waals surface area contributed by atoms with E-state index in [1.807, 2.05) is 0 Å². The molecule has 0 heterocycles. The molecule has 1 saturated carbocycles. The summed E-state index contributed by atoms with van der Waals surface area (Å²) in [6.45, 7) is 2.69. The molecule has 0 radical (unpaired) electrons. The summed E-state index contributed by atoms with van der Waals surface area (Å²) < 4.78 is 5.36. The summed E-state index contributed by atoms with van der Waals surface area (Å²) in [5, 5.41) is 17.9. The van der Waals surface area contributed by atoms with E-state index in [9.17, 15) is 14.4 Å². The van der Waals surface area contributed by atoms with Gasteiger partial charge in [-0.25, -0.2) is 0 Å². The standard InChI is InChI=1S/C23H40O6/c1-2-3-4-5-6-7-16-29-23(28)15-12-19-10-8-18(9-13-21(24)25)17-20(19)11-14-22(26)27/h18-20H,2-17H2,1H3,(H,24,25)(H,26,27). The molecule has 3 unspecified atom stereocenters. The summed E-state index contributed by atoms with van der Waals surface area (Å²) in [7, 11) is 0. The third-order valence-corrected chi connectivity index (χ3v) is 6.22. The Morgan fingerprint density at radius 3 is 2.10 bits per heavy atom. The SMILES string of the molecule is CCCCCCCCOC(=O)CCC1CCC(CCC(=O)O)CC1CCC(=O)O. The summed E-state index contributed by atoms with van der Waals surface area (Å²) in [6.07, 6.45) is 12.4. The summed E-state index contributed by atoms with van der Waals surface area (Å²) in [5.74, 6) is -0.788. The fourth-order valence-corrected chi connectivity index (χ4v) is 4.50. The van der Waals surface area contributed by atoms with Crippen LogP contribution >= 0.6 is 0 Å². The fourth-order valence-electron chi connectivity index (χ4n) is 4.50. The van der Waals surface area contributed by atoms with Gasteiger partial charge in [-0.15, -0.1) is 0 Å². The molecule has 6 nitrogen and oxygen atoms in total. The van der Waals surface area contributed by atoms with Crippen LogP contribution in [-0.2, 0) is 19.1 Å². The first-order chi connectivity index (χ1) is 13.9. The van der Waals surface area contributed by atoms with Gasteiger partial charge in [0.15, 0.2) is 0 Å². The van der Waals surface area contributed by atoms with E-state index in [0.29, 0.717) is 37.7 Å². The molecule has 1 aliphatic rings. The van der Waals surface area contributed by atoms with E-state index in [0.717, 1.165) is 38.5 Å². The second-order valence-corrected chi connectivity index (χ2v) is 8.59. The number of esters is 1. The smallest absolute Gasteiger partial charge is 0.305 e. The first kappa shape index (κ1) is 25.4. The molecular weight excluding hydrogens is 372 g/mol. The van der Waals surface area contributed by atoms with Gasteiger partial charge < -0.3 is 14.9 Å². The minimum absolute atomic E-state index is 0.134. The summed E-state index contributed by atoms with van der Waals surface area (Å²) in [5.41, 5.74) is 0. The number of carbonyl (C=O) groups is 3. The van der Waals surface area contributed by atoms with Gasteiger partial charge in [-0.1, -0.05) is 45.4 Å². The van der Waals surface area contributed by atoms with Crippen molar-refractivity contribution in [1.82, 2.24) is 0 Å². The van der Waals surface area contributed by atoms with Gasteiger partial charge in [-0.05, 0) is 56.3 Å². The van der Waals surface area contributed by atoms with Crippen LogP contribution < -0.4 is 0 Å². The number of carboxylic acid groups (broad SMARTS) is 2. The number of rotatable bonds is 16. The molecule has 0 spiro atoms. The molecule has 0 amide bonds. The Morgan fingerprint density at radius 2 is 1.41 bits per heavy atom. The minimum Gasteiger partial charge on any atom is -0.481 e. The highest BCUT2D eigenvalue weighted by Crippen LogP contribution is 2.40. The van der Waals surface area contributed by atoms with Crippen LogP contribution in [0, 0.1) is 17.8 Å². The van der Waals surface area contributed by atoms with Gasteiger partial charge >= 0.3 is 17.9 Å². The molecule has 6 heteroatoms. The Kier molecular flexibility index (Phi) is 13.4. The van der Waals surface area contributed by atoms with Crippen LogP contribution in [0.15, 0.2) is 0 Å². The largest absolute Gasteiger partial charge is 0.481 e. The van der Waals surface area contributed by atoms with Crippen LogP contribution in [0.5, 0.6) is 0 Å². The Morgan fingerprint density at radius 1 is 0.793 bits per heavy atom. The highest BCUT2D eigenvalue weighted by atomic mass is 16.5. The average Bonchev–Trinajstić information content (AvgIpc) is 2.69. The van der Waals surface area contributed by atoms with Gasteiger partial charge in [-0.3, -0.25) is 14.4 Å². The molecule has 0 aromatic carbocycles. The predicted molar refractivity (Wildman–Crippen MR) is 112 cm³/mol. The maximum Gasteiger partial charge on any atom is 0.305 e. The molecule has 29 heavy (non-hydrogen) atoms. The number of carbonyl (C=O) groups excluding carboxylic acids is 1. The van der Waals surface area contributed by atoms with Crippen molar-refractivity contribution in [2.45, 2.75) is 103 Å². The highest BCUT2D eigenvalue weighted by Gasteiger charge is 2.31. The van der Waals surface area contributed by atoms with Gasteiger partial charge in [0, 0.05) is 19.3 Å². The quantitative estimate of drug-likeness (QED) is 0.259. The maximum atomic E-state index is 12.1. The van der Waals surface area contributed by atoms with Crippen molar-refractivity contribution >= 4 is 17.9 Å². The number of aliphatic carboxylic acids is 2. The lowest BCUT2D eigenvalue weighted by Crippen LogP contribution is -2.27. The number of carboxylic acids is 2. The predicted octanol–water partition coefficient (Wildman–Crippen LogP) is 5.43. The van der Waals surface area contributed by atoms with Crippen LogP contribution in [0.25, 0.3) is 0 Å². The molecule has 1 rings (SSSR count). The normalized spacial score (nSPS) is 21.6. The summed E-state index contributed by atoms with van der Waals surface area (Å²) >= 11 is 0. The lowest BCUT2D eigenvalue weighted by Gasteiger charge is -2.36. The van der Waals surface area contributed by atoms with Crippen molar-refractivity contribution in [3.63, 3.8) is 0 Å². The first-order valence-corrected chi connectivity index (χ1v) is 11.5. The first-order valence-electron chi connectivity index (χ1n) is 11.5. The molecule has 3 atom stereocenters. The molecule has 0 aromatic rings. The zero-order valence-electron chi connectivity index (χ0n) is 18.1. The average molecular weight is 413 g/mol. The van der Waals surface area contributed by atoms with Crippen LogP contribution in [0.1, 0.15) is 103 Å². The van der Waals surface area contributed by atoms with E-state index in [2.05, 4.69) is 6.92 Å². The topological polar surface area (TPSA) is 101 Å². The van der Waals surface area contributed by atoms with Gasteiger partial charge in [0.25, 0.3) is 0 Å². The second-order valence-electron chi connectivity index (χ2n) is 8.59. The number of hydrogen-bond donors (Lipinski definition) is 2. The minimum atomic E-state index is -0.797. The monoisotopic (exact) mass is 412 g/mol. The molecular formula is C23H40O6. The Labute approximate surface area is 175 Å². The summed E-state index contributed by atoms with van der Waals surface area (Å²) in [4.78, 5) is 33.9. The van der Waals surface area contributed by atoms with Crippen molar-refractivity contribution in [1.29, 1.82) is 0 Å². The highest BCUT2D eigenvalue weighted by molar-refractivity contribution is 5.69.